The summed E-state index contributed by atoms with van der Waals surface area (Å²) in [5.74, 6) is 0. The number of rotatable bonds is 2. The van der Waals surface area contributed by atoms with Crippen LogP contribution in [0.4, 0.5) is 0 Å². The van der Waals surface area contributed by atoms with Crippen LogP contribution in [0.15, 0.2) is 17.1 Å². The monoisotopic (exact) mass is 140 g/mol. The Kier molecular flexibility index (Phi) is 1.76. The Balaban J connectivity index is 2.57. The van der Waals surface area contributed by atoms with Crippen LogP contribution in [0.5, 0.6) is 0 Å². The molecule has 2 N–H and O–H groups in total. The largest absolute Gasteiger partial charge is 0.451 e. The van der Waals surface area contributed by atoms with E-state index in [-0.39, 0.29) is 5.54 Å². The molecule has 56 valence electrons. The van der Waals surface area contributed by atoms with Gasteiger partial charge in [0, 0.05) is 12.0 Å². The van der Waals surface area contributed by atoms with E-state index >= 15 is 0 Å². The summed E-state index contributed by atoms with van der Waals surface area (Å²) in [5, 5.41) is 0. The summed E-state index contributed by atoms with van der Waals surface area (Å²) in [4.78, 5) is 3.95. The van der Waals surface area contributed by atoms with Gasteiger partial charge in [0.05, 0.1) is 5.69 Å². The quantitative estimate of drug-likeness (QED) is 0.665. The molecule has 0 bridgehead atoms. The highest BCUT2D eigenvalue weighted by Gasteiger charge is 2.12. The van der Waals surface area contributed by atoms with E-state index in [1.54, 1.807) is 6.26 Å². The lowest BCUT2D eigenvalue weighted by Gasteiger charge is -2.15. The predicted octanol–water partition coefficient (Wildman–Crippen LogP) is 0.954. The molecule has 0 aliphatic rings. The predicted molar refractivity (Wildman–Crippen MR) is 38.5 cm³/mol. The van der Waals surface area contributed by atoms with Gasteiger partial charge in [-0.05, 0) is 13.8 Å². The van der Waals surface area contributed by atoms with Crippen LogP contribution in [0.1, 0.15) is 19.5 Å². The fourth-order valence-electron chi connectivity index (χ4n) is 0.792. The topological polar surface area (TPSA) is 52.0 Å². The van der Waals surface area contributed by atoms with Crippen molar-refractivity contribution in [3.63, 3.8) is 0 Å². The second-order valence-electron chi connectivity index (χ2n) is 3.15. The molecule has 0 aliphatic carbocycles. The van der Waals surface area contributed by atoms with E-state index in [9.17, 15) is 0 Å². The number of hydrogen-bond acceptors (Lipinski definition) is 3. The zero-order valence-corrected chi connectivity index (χ0v) is 6.29. The molecule has 0 spiro atoms. The maximum Gasteiger partial charge on any atom is 0.180 e. The standard InChI is InChI=1S/C7H12N2O/c1-7(2,8)3-6-4-10-5-9-6/h4-5H,3,8H2,1-2H3. The van der Waals surface area contributed by atoms with Gasteiger partial charge in [-0.2, -0.15) is 0 Å². The van der Waals surface area contributed by atoms with E-state index in [0.717, 1.165) is 12.1 Å². The van der Waals surface area contributed by atoms with Gasteiger partial charge >= 0.3 is 0 Å². The summed E-state index contributed by atoms with van der Waals surface area (Å²) < 4.78 is 4.79. The van der Waals surface area contributed by atoms with Gasteiger partial charge < -0.3 is 10.2 Å². The van der Waals surface area contributed by atoms with E-state index in [2.05, 4.69) is 4.98 Å². The third kappa shape index (κ3) is 2.19. The van der Waals surface area contributed by atoms with Crippen molar-refractivity contribution in [2.24, 2.45) is 5.73 Å². The van der Waals surface area contributed by atoms with Gasteiger partial charge in [0.15, 0.2) is 6.39 Å². The van der Waals surface area contributed by atoms with Crippen LogP contribution in [-0.4, -0.2) is 10.5 Å². The highest BCUT2D eigenvalue weighted by Crippen LogP contribution is 2.06. The van der Waals surface area contributed by atoms with Crippen molar-refractivity contribution >= 4 is 0 Å². The molecule has 1 aromatic rings. The summed E-state index contributed by atoms with van der Waals surface area (Å²) in [6.07, 6.45) is 3.79. The van der Waals surface area contributed by atoms with Crippen LogP contribution in [-0.2, 0) is 6.42 Å². The lowest BCUT2D eigenvalue weighted by molar-refractivity contribution is 0.505. The third-order valence-corrected chi connectivity index (χ3v) is 1.12. The number of nitrogens with zero attached hydrogens (tertiary/aromatic N) is 1. The summed E-state index contributed by atoms with van der Waals surface area (Å²) in [6, 6.07) is 0. The number of hydrogen-bond donors (Lipinski definition) is 1. The molecule has 0 saturated heterocycles. The molecular weight excluding hydrogens is 128 g/mol. The van der Waals surface area contributed by atoms with Crippen molar-refractivity contribution in [2.45, 2.75) is 25.8 Å². The van der Waals surface area contributed by atoms with Gasteiger partial charge in [0.25, 0.3) is 0 Å². The van der Waals surface area contributed by atoms with Gasteiger partial charge in [-0.3, -0.25) is 0 Å². The second-order valence-corrected chi connectivity index (χ2v) is 3.15. The Bertz CT molecular complexity index is 186. The highest BCUT2D eigenvalue weighted by atomic mass is 16.3. The first kappa shape index (κ1) is 7.28. The number of oxazole rings is 1. The van der Waals surface area contributed by atoms with E-state index in [0.29, 0.717) is 0 Å². The first-order chi connectivity index (χ1) is 4.58. The van der Waals surface area contributed by atoms with Crippen molar-refractivity contribution in [2.75, 3.05) is 0 Å². The minimum atomic E-state index is -0.198. The fourth-order valence-corrected chi connectivity index (χ4v) is 0.792. The molecule has 3 nitrogen and oxygen atoms in total. The van der Waals surface area contributed by atoms with Crippen LogP contribution < -0.4 is 5.73 Å². The van der Waals surface area contributed by atoms with Crippen molar-refractivity contribution in [1.82, 2.24) is 4.98 Å². The Morgan fingerprint density at radius 1 is 1.70 bits per heavy atom. The zero-order chi connectivity index (χ0) is 7.61. The molecule has 3 heteroatoms. The lowest BCUT2D eigenvalue weighted by Crippen LogP contribution is -2.34. The minimum absolute atomic E-state index is 0.198. The van der Waals surface area contributed by atoms with Gasteiger partial charge in [0.1, 0.15) is 6.26 Å². The van der Waals surface area contributed by atoms with Crippen molar-refractivity contribution < 1.29 is 4.42 Å². The van der Waals surface area contributed by atoms with Crippen molar-refractivity contribution in [3.05, 3.63) is 18.4 Å². The molecule has 10 heavy (non-hydrogen) atoms. The molecule has 0 atom stereocenters. The van der Waals surface area contributed by atoms with Gasteiger partial charge in [-0.25, -0.2) is 4.98 Å². The Morgan fingerprint density at radius 3 is 2.80 bits per heavy atom. The molecule has 0 aliphatic heterocycles. The summed E-state index contributed by atoms with van der Waals surface area (Å²) >= 11 is 0. The maximum atomic E-state index is 5.74. The number of nitrogens with two attached hydrogens (primary N) is 1. The second kappa shape index (κ2) is 2.42. The average Bonchev–Trinajstić information content (AvgIpc) is 2.12. The molecule has 0 fully saturated rings. The summed E-state index contributed by atoms with van der Waals surface area (Å²) in [6.45, 7) is 3.92. The minimum Gasteiger partial charge on any atom is -0.451 e. The Morgan fingerprint density at radius 2 is 2.40 bits per heavy atom. The normalized spacial score (nSPS) is 11.9. The van der Waals surface area contributed by atoms with Crippen molar-refractivity contribution in [1.29, 1.82) is 0 Å². The number of aromatic nitrogens is 1. The van der Waals surface area contributed by atoms with E-state index < -0.39 is 0 Å². The van der Waals surface area contributed by atoms with Crippen LogP contribution in [0.2, 0.25) is 0 Å². The third-order valence-electron chi connectivity index (χ3n) is 1.12. The molecule has 1 heterocycles. The molecule has 0 saturated carbocycles. The van der Waals surface area contributed by atoms with Crippen molar-refractivity contribution in [3.8, 4) is 0 Å². The molecule has 0 unspecified atom stereocenters. The lowest BCUT2D eigenvalue weighted by atomic mass is 10.0. The zero-order valence-electron chi connectivity index (χ0n) is 6.29. The Hall–Kier alpha value is -0.830. The summed E-state index contributed by atoms with van der Waals surface area (Å²) in [5.41, 5.74) is 6.46. The van der Waals surface area contributed by atoms with E-state index in [1.807, 2.05) is 13.8 Å². The van der Waals surface area contributed by atoms with Gasteiger partial charge in [-0.1, -0.05) is 0 Å². The van der Waals surface area contributed by atoms with Crippen LogP contribution in [0.25, 0.3) is 0 Å². The van der Waals surface area contributed by atoms with Crippen LogP contribution in [0, 0.1) is 0 Å². The highest BCUT2D eigenvalue weighted by molar-refractivity contribution is 4.97. The SMILES string of the molecule is CC(C)(N)Cc1cocn1. The molecule has 1 rings (SSSR count). The van der Waals surface area contributed by atoms with Gasteiger partial charge in [-0.15, -0.1) is 0 Å². The molecule has 1 aromatic heterocycles. The van der Waals surface area contributed by atoms with E-state index in [1.165, 1.54) is 6.39 Å². The van der Waals surface area contributed by atoms with Gasteiger partial charge in [0.2, 0.25) is 0 Å². The molecular formula is C7H12N2O. The van der Waals surface area contributed by atoms with Crippen LogP contribution >= 0.6 is 0 Å². The smallest absolute Gasteiger partial charge is 0.180 e. The van der Waals surface area contributed by atoms with Crippen LogP contribution in [0.3, 0.4) is 0 Å². The molecule has 0 amide bonds. The summed E-state index contributed by atoms with van der Waals surface area (Å²) in [7, 11) is 0. The Labute approximate surface area is 60.2 Å². The fraction of sp³-hybridized carbons (Fsp3) is 0.571. The molecule has 0 radical (unpaired) electrons. The maximum absolute atomic E-state index is 5.74. The average molecular weight is 140 g/mol. The van der Waals surface area contributed by atoms with E-state index in [4.69, 9.17) is 10.2 Å². The first-order valence-electron chi connectivity index (χ1n) is 3.24. The molecule has 0 aromatic carbocycles. The first-order valence-corrected chi connectivity index (χ1v) is 3.24.